The van der Waals surface area contributed by atoms with E-state index in [4.69, 9.17) is 4.74 Å². The molecule has 0 amide bonds. The Morgan fingerprint density at radius 3 is 2.41 bits per heavy atom. The van der Waals surface area contributed by atoms with Gasteiger partial charge in [0.15, 0.2) is 17.3 Å². The lowest BCUT2D eigenvalue weighted by molar-refractivity contribution is -0.138. The lowest BCUT2D eigenvalue weighted by atomic mass is 9.67. The number of rotatable bonds is 5. The summed E-state index contributed by atoms with van der Waals surface area (Å²) in [6, 6.07) is 3.25. The molecule has 1 atom stereocenters. The van der Waals surface area contributed by atoms with Crippen LogP contribution in [0, 0.1) is 17.3 Å². The first-order valence-electron chi connectivity index (χ1n) is 10.3. The van der Waals surface area contributed by atoms with Gasteiger partial charge in [-0.15, -0.1) is 0 Å². The maximum absolute atomic E-state index is 13.3. The number of fused-ring (bicyclic) bond motifs is 1. The molecule has 29 heavy (non-hydrogen) atoms. The molecule has 3 rings (SSSR count). The third-order valence-electron chi connectivity index (χ3n) is 5.84. The van der Waals surface area contributed by atoms with Crippen molar-refractivity contribution in [1.29, 1.82) is 0 Å². The van der Waals surface area contributed by atoms with E-state index in [9.17, 15) is 19.5 Å². The fourth-order valence-corrected chi connectivity index (χ4v) is 4.20. The molecule has 0 saturated heterocycles. The molecule has 0 spiro atoms. The Morgan fingerprint density at radius 2 is 1.83 bits per heavy atom. The predicted octanol–water partition coefficient (Wildman–Crippen LogP) is 4.97. The van der Waals surface area contributed by atoms with Crippen LogP contribution in [0.3, 0.4) is 0 Å². The lowest BCUT2D eigenvalue weighted by Gasteiger charge is -2.38. The van der Waals surface area contributed by atoms with Gasteiger partial charge in [0.25, 0.3) is 0 Å². The number of hydrogen-bond donors (Lipinski definition) is 1. The van der Waals surface area contributed by atoms with Crippen LogP contribution in [-0.4, -0.2) is 22.5 Å². The van der Waals surface area contributed by atoms with Crippen LogP contribution < -0.4 is 4.74 Å². The van der Waals surface area contributed by atoms with Crippen molar-refractivity contribution >= 4 is 17.3 Å². The third kappa shape index (κ3) is 3.63. The molecule has 0 aromatic heterocycles. The van der Waals surface area contributed by atoms with Crippen LogP contribution in [0.2, 0.25) is 0 Å². The summed E-state index contributed by atoms with van der Waals surface area (Å²) in [6.45, 7) is 11.3. The Balaban J connectivity index is 2.17. The largest absolute Gasteiger partial charge is 0.507 e. The molecule has 0 fully saturated rings. The average Bonchev–Trinajstić information content (AvgIpc) is 2.58. The van der Waals surface area contributed by atoms with Gasteiger partial charge in [-0.1, -0.05) is 27.7 Å². The Bertz CT molecular complexity index is 917. The zero-order chi connectivity index (χ0) is 21.7. The number of Topliss-reactive ketones (excluding diaryl/α,β-unsaturated/α-hetero) is 3. The number of aromatic hydroxyl groups is 1. The highest BCUT2D eigenvalue weighted by Crippen LogP contribution is 2.52. The summed E-state index contributed by atoms with van der Waals surface area (Å²) in [7, 11) is 0. The van der Waals surface area contributed by atoms with E-state index in [1.165, 1.54) is 0 Å². The Hall–Kier alpha value is -2.43. The SMILES string of the molecule is CC(C)CC(=O)c1ccc2c(c1O)C(CC(C)C)C1=C(CC(=O)C(C)(C)C1=O)O2. The predicted molar refractivity (Wildman–Crippen MR) is 110 cm³/mol. The number of phenols is 1. The summed E-state index contributed by atoms with van der Waals surface area (Å²) in [5, 5.41) is 11.1. The summed E-state index contributed by atoms with van der Waals surface area (Å²) in [5.74, 6) is 0.164. The summed E-state index contributed by atoms with van der Waals surface area (Å²) >= 11 is 0. The molecule has 1 aromatic carbocycles. The number of ketones is 3. The molecule has 156 valence electrons. The highest BCUT2D eigenvalue weighted by atomic mass is 16.5. The van der Waals surface area contributed by atoms with Gasteiger partial charge in [0.2, 0.25) is 0 Å². The van der Waals surface area contributed by atoms with Crippen molar-refractivity contribution < 1.29 is 24.2 Å². The van der Waals surface area contributed by atoms with Crippen LogP contribution in [0.4, 0.5) is 0 Å². The van der Waals surface area contributed by atoms with Crippen molar-refractivity contribution in [3.05, 3.63) is 34.6 Å². The number of benzene rings is 1. The van der Waals surface area contributed by atoms with Gasteiger partial charge in [-0.05, 0) is 44.2 Å². The molecule has 5 nitrogen and oxygen atoms in total. The van der Waals surface area contributed by atoms with Gasteiger partial charge >= 0.3 is 0 Å². The van der Waals surface area contributed by atoms with Gasteiger partial charge in [-0.3, -0.25) is 14.4 Å². The number of carbonyl (C=O) groups excluding carboxylic acids is 3. The minimum Gasteiger partial charge on any atom is -0.507 e. The summed E-state index contributed by atoms with van der Waals surface area (Å²) in [5.41, 5.74) is 0.109. The molecular weight excluding hydrogens is 368 g/mol. The zero-order valence-corrected chi connectivity index (χ0v) is 18.1. The summed E-state index contributed by atoms with van der Waals surface area (Å²) in [6.07, 6.45) is 1.01. The Labute approximate surface area is 172 Å². The first-order valence-corrected chi connectivity index (χ1v) is 10.3. The van der Waals surface area contributed by atoms with Crippen molar-refractivity contribution in [3.63, 3.8) is 0 Å². The number of hydrogen-bond acceptors (Lipinski definition) is 5. The van der Waals surface area contributed by atoms with Gasteiger partial charge < -0.3 is 9.84 Å². The van der Waals surface area contributed by atoms with E-state index in [1.807, 2.05) is 27.7 Å². The number of allylic oxidation sites excluding steroid dienone is 2. The average molecular weight is 398 g/mol. The second-order valence-electron chi connectivity index (χ2n) is 9.57. The summed E-state index contributed by atoms with van der Waals surface area (Å²) < 4.78 is 5.95. The van der Waals surface area contributed by atoms with Gasteiger partial charge in [-0.2, -0.15) is 0 Å². The van der Waals surface area contributed by atoms with Crippen LogP contribution in [0.15, 0.2) is 23.5 Å². The van der Waals surface area contributed by atoms with Crippen molar-refractivity contribution in [2.24, 2.45) is 17.3 Å². The molecule has 1 unspecified atom stereocenters. The molecular formula is C24H30O5. The molecule has 5 heteroatoms. The van der Waals surface area contributed by atoms with Crippen molar-refractivity contribution in [3.8, 4) is 11.5 Å². The smallest absolute Gasteiger partial charge is 0.175 e. The molecule has 1 aliphatic carbocycles. The zero-order valence-electron chi connectivity index (χ0n) is 18.1. The van der Waals surface area contributed by atoms with E-state index >= 15 is 0 Å². The van der Waals surface area contributed by atoms with Gasteiger partial charge in [0, 0.05) is 23.5 Å². The van der Waals surface area contributed by atoms with Crippen LogP contribution in [0.5, 0.6) is 11.5 Å². The van der Waals surface area contributed by atoms with Crippen molar-refractivity contribution in [2.75, 3.05) is 0 Å². The van der Waals surface area contributed by atoms with Crippen LogP contribution in [0.1, 0.15) is 82.6 Å². The van der Waals surface area contributed by atoms with E-state index in [0.29, 0.717) is 35.5 Å². The minimum atomic E-state index is -1.12. The first-order chi connectivity index (χ1) is 13.4. The van der Waals surface area contributed by atoms with Gasteiger partial charge in [-0.25, -0.2) is 0 Å². The lowest BCUT2D eigenvalue weighted by Crippen LogP contribution is -2.42. The molecule has 0 radical (unpaired) electrons. The fourth-order valence-electron chi connectivity index (χ4n) is 4.20. The standard InChI is InChI=1S/C24H30O5/c1-12(2)9-15-20-17(8-7-14(22(20)27)16(25)10-13(3)4)29-18-11-19(26)24(5,6)23(28)21(15)18/h7-8,12-13,15,27H,9-11H2,1-6H3. The fraction of sp³-hybridized carbons (Fsp3) is 0.542. The van der Waals surface area contributed by atoms with Crippen molar-refractivity contribution in [2.45, 2.75) is 66.7 Å². The van der Waals surface area contributed by atoms with E-state index in [2.05, 4.69) is 0 Å². The molecule has 1 aliphatic heterocycles. The van der Waals surface area contributed by atoms with Crippen LogP contribution in [0.25, 0.3) is 0 Å². The summed E-state index contributed by atoms with van der Waals surface area (Å²) in [4.78, 5) is 38.4. The molecule has 1 N–H and O–H groups in total. The Kier molecular flexibility index (Phi) is 5.46. The van der Waals surface area contributed by atoms with Crippen LogP contribution in [-0.2, 0) is 9.59 Å². The highest BCUT2D eigenvalue weighted by molar-refractivity contribution is 6.18. The topological polar surface area (TPSA) is 80.7 Å². The number of ether oxygens (including phenoxy) is 1. The van der Waals surface area contributed by atoms with Gasteiger partial charge in [0.05, 0.1) is 17.4 Å². The molecule has 0 bridgehead atoms. The molecule has 2 aliphatic rings. The molecule has 0 saturated carbocycles. The van der Waals surface area contributed by atoms with E-state index in [0.717, 1.165) is 0 Å². The van der Waals surface area contributed by atoms with Gasteiger partial charge in [0.1, 0.15) is 17.3 Å². The Morgan fingerprint density at radius 1 is 1.17 bits per heavy atom. The van der Waals surface area contributed by atoms with Crippen LogP contribution >= 0.6 is 0 Å². The second kappa shape index (κ2) is 7.43. The quantitative estimate of drug-likeness (QED) is 0.560. The van der Waals surface area contributed by atoms with E-state index in [1.54, 1.807) is 26.0 Å². The second-order valence-corrected chi connectivity index (χ2v) is 9.57. The third-order valence-corrected chi connectivity index (χ3v) is 5.84. The maximum atomic E-state index is 13.3. The highest BCUT2D eigenvalue weighted by Gasteiger charge is 2.49. The number of carbonyl (C=O) groups is 3. The van der Waals surface area contributed by atoms with E-state index < -0.39 is 11.3 Å². The van der Waals surface area contributed by atoms with Crippen molar-refractivity contribution in [1.82, 2.24) is 0 Å². The maximum Gasteiger partial charge on any atom is 0.175 e. The monoisotopic (exact) mass is 398 g/mol. The van der Waals surface area contributed by atoms with E-state index in [-0.39, 0.29) is 46.9 Å². The molecule has 1 aromatic rings. The normalized spacial score (nSPS) is 20.6. The number of phenolic OH excluding ortho intramolecular Hbond substituents is 1. The first kappa shape index (κ1) is 21.3. The minimum absolute atomic E-state index is 0.0664. The molecule has 1 heterocycles.